The van der Waals surface area contributed by atoms with Gasteiger partial charge < -0.3 is 0 Å². The highest BCUT2D eigenvalue weighted by molar-refractivity contribution is 9.10. The van der Waals surface area contributed by atoms with Crippen LogP contribution in [0.5, 0.6) is 0 Å². The molecule has 1 aliphatic rings. The van der Waals surface area contributed by atoms with E-state index in [1.54, 1.807) is 11.8 Å². The van der Waals surface area contributed by atoms with Crippen molar-refractivity contribution < 1.29 is 4.79 Å². The number of hydrogen-bond donors (Lipinski definition) is 0. The molecule has 0 bridgehead atoms. The predicted octanol–water partition coefficient (Wildman–Crippen LogP) is 4.05. The van der Waals surface area contributed by atoms with Crippen LogP contribution in [0.1, 0.15) is 25.7 Å². The summed E-state index contributed by atoms with van der Waals surface area (Å²) in [6.07, 6.45) is 4.09. The van der Waals surface area contributed by atoms with E-state index >= 15 is 0 Å². The molecule has 1 saturated carbocycles. The van der Waals surface area contributed by atoms with Crippen LogP contribution in [-0.2, 0) is 4.79 Å². The minimum Gasteiger partial charge on any atom is -0.298 e. The van der Waals surface area contributed by atoms with E-state index in [0.29, 0.717) is 5.78 Å². The third-order valence-electron chi connectivity index (χ3n) is 2.59. The molecule has 0 heterocycles. The molecule has 1 nitrogen and oxygen atoms in total. The average molecular weight is 285 g/mol. The molecule has 3 heteroatoms. The van der Waals surface area contributed by atoms with Crippen molar-refractivity contribution in [3.8, 4) is 0 Å². The topological polar surface area (TPSA) is 17.1 Å². The number of halogens is 1. The van der Waals surface area contributed by atoms with Gasteiger partial charge in [0.15, 0.2) is 0 Å². The number of carbonyl (C=O) groups is 1. The highest BCUT2D eigenvalue weighted by atomic mass is 79.9. The highest BCUT2D eigenvalue weighted by Gasteiger charge is 2.22. The predicted molar refractivity (Wildman–Crippen MR) is 67.3 cm³/mol. The Morgan fingerprint density at radius 2 is 1.93 bits per heavy atom. The van der Waals surface area contributed by atoms with Crippen LogP contribution in [0.4, 0.5) is 0 Å². The first-order valence-corrected chi connectivity index (χ1v) is 6.88. The fourth-order valence-corrected chi connectivity index (χ4v) is 3.17. The molecule has 0 spiro atoms. The summed E-state index contributed by atoms with van der Waals surface area (Å²) in [6, 6.07) is 8.18. The molecule has 1 aromatic carbocycles. The third-order valence-corrected chi connectivity index (χ3v) is 4.45. The zero-order valence-corrected chi connectivity index (χ0v) is 10.8. The van der Waals surface area contributed by atoms with Gasteiger partial charge in [0.1, 0.15) is 5.78 Å². The summed E-state index contributed by atoms with van der Waals surface area (Å²) in [5.41, 5.74) is 0. The van der Waals surface area contributed by atoms with Crippen LogP contribution in [0.3, 0.4) is 0 Å². The summed E-state index contributed by atoms with van der Waals surface area (Å²) in [7, 11) is 0. The molecule has 0 saturated heterocycles. The van der Waals surface area contributed by atoms with Crippen molar-refractivity contribution >= 4 is 33.5 Å². The van der Waals surface area contributed by atoms with Gasteiger partial charge in [-0.15, -0.1) is 11.8 Å². The second-order valence-corrected chi connectivity index (χ2v) is 5.96. The fraction of sp³-hybridized carbons (Fsp3) is 0.417. The van der Waals surface area contributed by atoms with Gasteiger partial charge in [-0.3, -0.25) is 4.79 Å². The fourth-order valence-electron chi connectivity index (χ4n) is 1.75. The van der Waals surface area contributed by atoms with Crippen LogP contribution in [0, 0.1) is 0 Å². The normalized spacial score (nSPS) is 21.7. The smallest absolute Gasteiger partial charge is 0.146 e. The van der Waals surface area contributed by atoms with Crippen molar-refractivity contribution in [3.05, 3.63) is 28.7 Å². The zero-order valence-electron chi connectivity index (χ0n) is 8.41. The largest absolute Gasteiger partial charge is 0.298 e. The van der Waals surface area contributed by atoms with E-state index in [0.717, 1.165) is 23.7 Å². The monoisotopic (exact) mass is 284 g/mol. The maximum absolute atomic E-state index is 11.6. The number of ketones is 1. The van der Waals surface area contributed by atoms with Gasteiger partial charge in [-0.1, -0.05) is 22.4 Å². The van der Waals surface area contributed by atoms with E-state index in [4.69, 9.17) is 0 Å². The van der Waals surface area contributed by atoms with Gasteiger partial charge in [0.2, 0.25) is 0 Å². The molecule has 1 unspecified atom stereocenters. The number of benzene rings is 1. The van der Waals surface area contributed by atoms with Crippen molar-refractivity contribution in [2.75, 3.05) is 0 Å². The summed E-state index contributed by atoms with van der Waals surface area (Å²) in [5, 5.41) is 0.194. The van der Waals surface area contributed by atoms with E-state index in [1.807, 2.05) is 12.1 Å². The van der Waals surface area contributed by atoms with E-state index < -0.39 is 0 Å². The highest BCUT2D eigenvalue weighted by Crippen LogP contribution is 2.32. The van der Waals surface area contributed by atoms with Crippen molar-refractivity contribution in [3.63, 3.8) is 0 Å². The zero-order chi connectivity index (χ0) is 10.7. The second kappa shape index (κ2) is 5.17. The first-order chi connectivity index (χ1) is 7.25. The molecular weight excluding hydrogens is 272 g/mol. The quantitative estimate of drug-likeness (QED) is 0.815. The van der Waals surface area contributed by atoms with Crippen molar-refractivity contribution in [1.82, 2.24) is 0 Å². The minimum absolute atomic E-state index is 0.194. The Morgan fingerprint density at radius 1 is 1.20 bits per heavy atom. The van der Waals surface area contributed by atoms with E-state index in [9.17, 15) is 4.79 Å². The molecule has 0 aromatic heterocycles. The second-order valence-electron chi connectivity index (χ2n) is 3.77. The Labute approximate surface area is 103 Å². The van der Waals surface area contributed by atoms with Gasteiger partial charge >= 0.3 is 0 Å². The molecule has 1 atom stereocenters. The van der Waals surface area contributed by atoms with Crippen LogP contribution in [0.15, 0.2) is 33.6 Å². The van der Waals surface area contributed by atoms with E-state index in [-0.39, 0.29) is 5.25 Å². The molecule has 0 N–H and O–H groups in total. The SMILES string of the molecule is O=C1CCCCC1Sc1ccc(Br)cc1. The lowest BCUT2D eigenvalue weighted by Crippen LogP contribution is -2.21. The maximum atomic E-state index is 11.6. The number of carbonyl (C=O) groups excluding carboxylic acids is 1. The molecular formula is C12H13BrOS. The number of thioether (sulfide) groups is 1. The van der Waals surface area contributed by atoms with Crippen LogP contribution in [-0.4, -0.2) is 11.0 Å². The van der Waals surface area contributed by atoms with Crippen LogP contribution in [0.25, 0.3) is 0 Å². The van der Waals surface area contributed by atoms with Crippen molar-refractivity contribution in [2.45, 2.75) is 35.8 Å². The van der Waals surface area contributed by atoms with Crippen LogP contribution in [0.2, 0.25) is 0 Å². The lowest BCUT2D eigenvalue weighted by Gasteiger charge is -2.19. The minimum atomic E-state index is 0.194. The molecule has 80 valence electrons. The standard InChI is InChI=1S/C12H13BrOS/c13-9-5-7-10(8-6-9)15-12-4-2-1-3-11(12)14/h5-8,12H,1-4H2. The summed E-state index contributed by atoms with van der Waals surface area (Å²) in [5.74, 6) is 0.425. The first-order valence-electron chi connectivity index (χ1n) is 5.20. The molecule has 0 aliphatic heterocycles. The molecule has 1 aliphatic carbocycles. The van der Waals surface area contributed by atoms with Crippen molar-refractivity contribution in [2.24, 2.45) is 0 Å². The molecule has 0 amide bonds. The Bertz CT molecular complexity index is 347. The summed E-state index contributed by atoms with van der Waals surface area (Å²) in [4.78, 5) is 12.8. The molecule has 2 rings (SSSR count). The summed E-state index contributed by atoms with van der Waals surface area (Å²) < 4.78 is 1.09. The Morgan fingerprint density at radius 3 is 2.60 bits per heavy atom. The van der Waals surface area contributed by atoms with Gasteiger partial charge in [0, 0.05) is 15.8 Å². The number of hydrogen-bond acceptors (Lipinski definition) is 2. The van der Waals surface area contributed by atoms with Gasteiger partial charge in [0.25, 0.3) is 0 Å². The molecule has 1 aromatic rings. The van der Waals surface area contributed by atoms with Gasteiger partial charge in [-0.2, -0.15) is 0 Å². The van der Waals surface area contributed by atoms with Gasteiger partial charge in [-0.25, -0.2) is 0 Å². The Hall–Kier alpha value is -0.280. The van der Waals surface area contributed by atoms with Crippen LogP contribution >= 0.6 is 27.7 Å². The molecule has 1 fully saturated rings. The summed E-state index contributed by atoms with van der Waals surface area (Å²) in [6.45, 7) is 0. The molecule has 15 heavy (non-hydrogen) atoms. The maximum Gasteiger partial charge on any atom is 0.146 e. The number of Topliss-reactive ketones (excluding diaryl/α,β-unsaturated/α-hetero) is 1. The lowest BCUT2D eigenvalue weighted by molar-refractivity contribution is -0.119. The van der Waals surface area contributed by atoms with E-state index in [1.165, 1.54) is 11.3 Å². The number of rotatable bonds is 2. The van der Waals surface area contributed by atoms with Crippen LogP contribution < -0.4 is 0 Å². The average Bonchev–Trinajstić information content (AvgIpc) is 2.25. The third kappa shape index (κ3) is 3.08. The molecule has 0 radical (unpaired) electrons. The van der Waals surface area contributed by atoms with Gasteiger partial charge in [-0.05, 0) is 37.1 Å². The Kier molecular flexibility index (Phi) is 3.87. The first kappa shape index (κ1) is 11.2. The van der Waals surface area contributed by atoms with Gasteiger partial charge in [0.05, 0.1) is 5.25 Å². The van der Waals surface area contributed by atoms with Crippen molar-refractivity contribution in [1.29, 1.82) is 0 Å². The summed E-state index contributed by atoms with van der Waals surface area (Å²) >= 11 is 5.12. The lowest BCUT2D eigenvalue weighted by atomic mass is 9.99. The Balaban J connectivity index is 2.01. The van der Waals surface area contributed by atoms with E-state index in [2.05, 4.69) is 28.1 Å².